The summed E-state index contributed by atoms with van der Waals surface area (Å²) in [7, 11) is 1.81. The average Bonchev–Trinajstić information content (AvgIpc) is 2.84. The molecule has 1 aliphatic rings. The second-order valence-electron chi connectivity index (χ2n) is 5.03. The van der Waals surface area contributed by atoms with E-state index in [1.54, 1.807) is 4.90 Å². The molecule has 0 aromatic heterocycles. The minimum Gasteiger partial charge on any atom is -0.454 e. The second kappa shape index (κ2) is 5.82. The highest BCUT2D eigenvalue weighted by Crippen LogP contribution is 2.32. The Balaban J connectivity index is 2.03. The predicted octanol–water partition coefficient (Wildman–Crippen LogP) is 2.79. The highest BCUT2D eigenvalue weighted by atomic mass is 79.9. The smallest absolute Gasteiger partial charge is 0.236 e. The van der Waals surface area contributed by atoms with Crippen molar-refractivity contribution in [1.29, 1.82) is 0 Å². The summed E-state index contributed by atoms with van der Waals surface area (Å²) in [6, 6.07) is 5.75. The highest BCUT2D eigenvalue weighted by Gasteiger charge is 2.22. The van der Waals surface area contributed by atoms with Crippen LogP contribution in [0.5, 0.6) is 11.5 Å². The summed E-state index contributed by atoms with van der Waals surface area (Å²) in [6.07, 6.45) is 0. The van der Waals surface area contributed by atoms with Crippen LogP contribution in [-0.2, 0) is 11.3 Å². The first-order chi connectivity index (χ1) is 8.99. The summed E-state index contributed by atoms with van der Waals surface area (Å²) in [5.74, 6) is 1.87. The molecule has 104 valence electrons. The molecule has 0 spiro atoms. The van der Waals surface area contributed by atoms with Crippen LogP contribution in [0.15, 0.2) is 18.2 Å². The molecule has 2 rings (SSSR count). The van der Waals surface area contributed by atoms with Crippen LogP contribution in [0, 0.1) is 5.92 Å². The van der Waals surface area contributed by atoms with Crippen molar-refractivity contribution in [3.8, 4) is 11.5 Å². The largest absolute Gasteiger partial charge is 0.454 e. The van der Waals surface area contributed by atoms with Crippen LogP contribution in [0.1, 0.15) is 19.4 Å². The van der Waals surface area contributed by atoms with E-state index in [0.717, 1.165) is 17.1 Å². The lowest BCUT2D eigenvalue weighted by Gasteiger charge is -2.22. The van der Waals surface area contributed by atoms with E-state index in [1.165, 1.54) is 0 Å². The fourth-order valence-electron chi connectivity index (χ4n) is 1.89. The molecule has 1 aliphatic heterocycles. The van der Waals surface area contributed by atoms with Gasteiger partial charge in [0.2, 0.25) is 12.7 Å². The Labute approximate surface area is 121 Å². The molecule has 1 amide bonds. The fraction of sp³-hybridized carbons (Fsp3) is 0.500. The summed E-state index contributed by atoms with van der Waals surface area (Å²) < 4.78 is 10.6. The molecule has 4 nitrogen and oxygen atoms in total. The zero-order valence-electron chi connectivity index (χ0n) is 11.4. The van der Waals surface area contributed by atoms with E-state index in [4.69, 9.17) is 9.47 Å². The molecule has 1 atom stereocenters. The van der Waals surface area contributed by atoms with E-state index < -0.39 is 0 Å². The Morgan fingerprint density at radius 2 is 2.05 bits per heavy atom. The SMILES string of the molecule is CC(C)C(Br)C(=O)N(C)Cc1ccc2c(c1)OCO2. The number of carbonyl (C=O) groups excluding carboxylic acids is 1. The van der Waals surface area contributed by atoms with E-state index in [-0.39, 0.29) is 23.4 Å². The van der Waals surface area contributed by atoms with Gasteiger partial charge in [0.15, 0.2) is 11.5 Å². The van der Waals surface area contributed by atoms with E-state index in [0.29, 0.717) is 6.54 Å². The number of hydrogen-bond donors (Lipinski definition) is 0. The lowest BCUT2D eigenvalue weighted by atomic mass is 10.1. The third-order valence-electron chi connectivity index (χ3n) is 3.05. The number of amides is 1. The molecule has 0 radical (unpaired) electrons. The minimum atomic E-state index is -0.147. The van der Waals surface area contributed by atoms with E-state index in [1.807, 2.05) is 39.1 Å². The van der Waals surface area contributed by atoms with Crippen LogP contribution in [0.3, 0.4) is 0 Å². The molecule has 0 saturated heterocycles. The van der Waals surface area contributed by atoms with E-state index in [2.05, 4.69) is 15.9 Å². The van der Waals surface area contributed by atoms with Gasteiger partial charge in [-0.15, -0.1) is 0 Å². The molecular formula is C14H18BrNO3. The fourth-order valence-corrected chi connectivity index (χ4v) is 2.24. The number of benzene rings is 1. The van der Waals surface area contributed by atoms with Gasteiger partial charge in [-0.05, 0) is 23.6 Å². The van der Waals surface area contributed by atoms with Crippen molar-refractivity contribution in [2.75, 3.05) is 13.8 Å². The van der Waals surface area contributed by atoms with Crippen LogP contribution in [0.2, 0.25) is 0 Å². The monoisotopic (exact) mass is 327 g/mol. The number of carbonyl (C=O) groups is 1. The number of fused-ring (bicyclic) bond motifs is 1. The minimum absolute atomic E-state index is 0.0904. The Hall–Kier alpha value is -1.23. The lowest BCUT2D eigenvalue weighted by Crippen LogP contribution is -2.35. The Morgan fingerprint density at radius 3 is 2.74 bits per heavy atom. The highest BCUT2D eigenvalue weighted by molar-refractivity contribution is 9.10. The first-order valence-electron chi connectivity index (χ1n) is 6.26. The molecule has 19 heavy (non-hydrogen) atoms. The van der Waals surface area contributed by atoms with E-state index >= 15 is 0 Å². The molecule has 0 N–H and O–H groups in total. The number of hydrogen-bond acceptors (Lipinski definition) is 3. The summed E-state index contributed by atoms with van der Waals surface area (Å²) in [5, 5.41) is 0. The molecule has 0 fully saturated rings. The zero-order chi connectivity index (χ0) is 14.0. The Bertz CT molecular complexity index is 476. The Kier molecular flexibility index (Phi) is 4.34. The number of ether oxygens (including phenoxy) is 2. The maximum atomic E-state index is 12.1. The van der Waals surface area contributed by atoms with Crippen molar-refractivity contribution < 1.29 is 14.3 Å². The molecule has 1 heterocycles. The third-order valence-corrected chi connectivity index (χ3v) is 4.50. The van der Waals surface area contributed by atoms with Crippen molar-refractivity contribution >= 4 is 21.8 Å². The molecule has 5 heteroatoms. The van der Waals surface area contributed by atoms with Crippen LogP contribution in [0.4, 0.5) is 0 Å². The molecule has 0 saturated carbocycles. The van der Waals surface area contributed by atoms with Gasteiger partial charge in [-0.2, -0.15) is 0 Å². The first-order valence-corrected chi connectivity index (χ1v) is 7.18. The number of alkyl halides is 1. The van der Waals surface area contributed by atoms with Crippen LogP contribution in [0.25, 0.3) is 0 Å². The molecule has 1 aromatic rings. The van der Waals surface area contributed by atoms with Crippen molar-refractivity contribution in [3.05, 3.63) is 23.8 Å². The normalized spacial score (nSPS) is 14.6. The van der Waals surface area contributed by atoms with Crippen molar-refractivity contribution in [1.82, 2.24) is 4.90 Å². The van der Waals surface area contributed by atoms with Gasteiger partial charge in [0, 0.05) is 13.6 Å². The molecule has 0 aliphatic carbocycles. The summed E-state index contributed by atoms with van der Waals surface area (Å²) >= 11 is 3.44. The van der Waals surface area contributed by atoms with Crippen LogP contribution in [-0.4, -0.2) is 29.5 Å². The van der Waals surface area contributed by atoms with Crippen molar-refractivity contribution in [3.63, 3.8) is 0 Å². The molecular weight excluding hydrogens is 310 g/mol. The van der Waals surface area contributed by atoms with Crippen molar-refractivity contribution in [2.45, 2.75) is 25.2 Å². The first kappa shape index (κ1) is 14.2. The van der Waals surface area contributed by atoms with Gasteiger partial charge in [-0.3, -0.25) is 4.79 Å². The van der Waals surface area contributed by atoms with Gasteiger partial charge < -0.3 is 14.4 Å². The lowest BCUT2D eigenvalue weighted by molar-refractivity contribution is -0.130. The van der Waals surface area contributed by atoms with Gasteiger partial charge >= 0.3 is 0 Å². The van der Waals surface area contributed by atoms with Crippen molar-refractivity contribution in [2.24, 2.45) is 5.92 Å². The van der Waals surface area contributed by atoms with Gasteiger partial charge in [-0.1, -0.05) is 35.8 Å². The average molecular weight is 328 g/mol. The quantitative estimate of drug-likeness (QED) is 0.798. The van der Waals surface area contributed by atoms with E-state index in [9.17, 15) is 4.79 Å². The second-order valence-corrected chi connectivity index (χ2v) is 6.01. The third kappa shape index (κ3) is 3.21. The predicted molar refractivity (Wildman–Crippen MR) is 76.6 cm³/mol. The van der Waals surface area contributed by atoms with Crippen LogP contribution < -0.4 is 9.47 Å². The standard InChI is InChI=1S/C14H18BrNO3/c1-9(2)13(15)14(17)16(3)7-10-4-5-11-12(6-10)19-8-18-11/h4-6,9,13H,7-8H2,1-3H3. The zero-order valence-corrected chi connectivity index (χ0v) is 12.9. The number of halogens is 1. The maximum absolute atomic E-state index is 12.1. The maximum Gasteiger partial charge on any atom is 0.236 e. The molecule has 1 aromatic carbocycles. The topological polar surface area (TPSA) is 38.8 Å². The molecule has 0 bridgehead atoms. The number of nitrogens with zero attached hydrogens (tertiary/aromatic N) is 1. The van der Waals surface area contributed by atoms with Gasteiger partial charge in [-0.25, -0.2) is 0 Å². The van der Waals surface area contributed by atoms with Gasteiger partial charge in [0.1, 0.15) is 0 Å². The van der Waals surface area contributed by atoms with Gasteiger partial charge in [0.05, 0.1) is 4.83 Å². The number of rotatable bonds is 4. The summed E-state index contributed by atoms with van der Waals surface area (Å²) in [6.45, 7) is 4.87. The molecule has 1 unspecified atom stereocenters. The Morgan fingerprint density at radius 1 is 1.37 bits per heavy atom. The van der Waals surface area contributed by atoms with Crippen LogP contribution >= 0.6 is 15.9 Å². The van der Waals surface area contributed by atoms with Gasteiger partial charge in [0.25, 0.3) is 0 Å². The summed E-state index contributed by atoms with van der Waals surface area (Å²) in [5.41, 5.74) is 1.03. The summed E-state index contributed by atoms with van der Waals surface area (Å²) in [4.78, 5) is 13.7.